The number of thioether (sulfide) groups is 1. The summed E-state index contributed by atoms with van der Waals surface area (Å²) in [4.78, 5) is 0. The van der Waals surface area contributed by atoms with E-state index in [9.17, 15) is 0 Å². The SMILES string of the molecule is CCC(C)SCc1cc(OC)ccc1C#CCN. The van der Waals surface area contributed by atoms with Crippen molar-refractivity contribution in [3.05, 3.63) is 29.3 Å². The number of nitrogens with two attached hydrogens (primary N) is 1. The van der Waals surface area contributed by atoms with Gasteiger partial charge in [-0.3, -0.25) is 0 Å². The van der Waals surface area contributed by atoms with Crippen LogP contribution in [0.3, 0.4) is 0 Å². The summed E-state index contributed by atoms with van der Waals surface area (Å²) in [5.74, 6) is 7.88. The lowest BCUT2D eigenvalue weighted by Crippen LogP contribution is -1.97. The van der Waals surface area contributed by atoms with Gasteiger partial charge in [-0.1, -0.05) is 25.7 Å². The fourth-order valence-electron chi connectivity index (χ4n) is 1.43. The Morgan fingerprint density at radius 2 is 2.22 bits per heavy atom. The van der Waals surface area contributed by atoms with Gasteiger partial charge < -0.3 is 10.5 Å². The predicted molar refractivity (Wildman–Crippen MR) is 80.0 cm³/mol. The smallest absolute Gasteiger partial charge is 0.119 e. The maximum absolute atomic E-state index is 5.42. The Labute approximate surface area is 114 Å². The third-order valence-corrected chi connectivity index (χ3v) is 4.12. The van der Waals surface area contributed by atoms with E-state index in [0.29, 0.717) is 11.8 Å². The molecule has 0 heterocycles. The first kappa shape index (κ1) is 14.9. The summed E-state index contributed by atoms with van der Waals surface area (Å²) >= 11 is 1.94. The lowest BCUT2D eigenvalue weighted by Gasteiger charge is -2.11. The zero-order valence-electron chi connectivity index (χ0n) is 11.3. The number of rotatable bonds is 5. The molecule has 0 saturated heterocycles. The molecule has 0 fully saturated rings. The minimum atomic E-state index is 0.393. The molecule has 0 saturated carbocycles. The molecule has 1 aromatic carbocycles. The van der Waals surface area contributed by atoms with Crippen LogP contribution in [0.4, 0.5) is 0 Å². The quantitative estimate of drug-likeness (QED) is 0.829. The van der Waals surface area contributed by atoms with Gasteiger partial charge >= 0.3 is 0 Å². The molecule has 1 atom stereocenters. The zero-order valence-corrected chi connectivity index (χ0v) is 12.1. The number of methoxy groups -OCH3 is 1. The van der Waals surface area contributed by atoms with E-state index >= 15 is 0 Å². The Bertz CT molecular complexity index is 434. The molecule has 0 spiro atoms. The Morgan fingerprint density at radius 1 is 1.44 bits per heavy atom. The molecule has 2 N–H and O–H groups in total. The summed E-state index contributed by atoms with van der Waals surface area (Å²) in [7, 11) is 1.69. The zero-order chi connectivity index (χ0) is 13.4. The van der Waals surface area contributed by atoms with Gasteiger partial charge in [0, 0.05) is 16.6 Å². The predicted octanol–water partition coefficient (Wildman–Crippen LogP) is 3.04. The molecule has 0 amide bonds. The van der Waals surface area contributed by atoms with Gasteiger partial charge in [-0.15, -0.1) is 0 Å². The van der Waals surface area contributed by atoms with E-state index in [1.165, 1.54) is 12.0 Å². The summed E-state index contributed by atoms with van der Waals surface area (Å²) in [6, 6.07) is 6.02. The van der Waals surface area contributed by atoms with Crippen LogP contribution in [0.1, 0.15) is 31.4 Å². The van der Waals surface area contributed by atoms with E-state index in [1.54, 1.807) is 7.11 Å². The first-order chi connectivity index (χ1) is 8.71. The van der Waals surface area contributed by atoms with Gasteiger partial charge in [0.25, 0.3) is 0 Å². The third-order valence-electron chi connectivity index (χ3n) is 2.74. The van der Waals surface area contributed by atoms with Crippen LogP contribution < -0.4 is 10.5 Å². The van der Waals surface area contributed by atoms with Gasteiger partial charge in [0.15, 0.2) is 0 Å². The van der Waals surface area contributed by atoms with Crippen molar-refractivity contribution in [2.75, 3.05) is 13.7 Å². The Morgan fingerprint density at radius 3 is 2.83 bits per heavy atom. The number of ether oxygens (including phenoxy) is 1. The molecule has 1 aromatic rings. The first-order valence-corrected chi connectivity index (χ1v) is 7.23. The molecule has 98 valence electrons. The molecule has 3 heteroatoms. The van der Waals surface area contributed by atoms with Gasteiger partial charge in [-0.05, 0) is 30.2 Å². The lowest BCUT2D eigenvalue weighted by atomic mass is 10.1. The summed E-state index contributed by atoms with van der Waals surface area (Å²) in [6.45, 7) is 4.85. The summed E-state index contributed by atoms with van der Waals surface area (Å²) in [5, 5.41) is 0.659. The van der Waals surface area contributed by atoms with Crippen molar-refractivity contribution in [2.45, 2.75) is 31.3 Å². The van der Waals surface area contributed by atoms with Crippen LogP contribution in [-0.2, 0) is 5.75 Å². The van der Waals surface area contributed by atoms with Crippen LogP contribution in [0.2, 0.25) is 0 Å². The normalized spacial score (nSPS) is 11.6. The van der Waals surface area contributed by atoms with E-state index in [-0.39, 0.29) is 0 Å². The molecule has 0 aliphatic heterocycles. The second-order valence-corrected chi connectivity index (χ2v) is 5.49. The van der Waals surface area contributed by atoms with Gasteiger partial charge in [0.2, 0.25) is 0 Å². The number of benzene rings is 1. The number of hydrogen-bond acceptors (Lipinski definition) is 3. The fraction of sp³-hybridized carbons (Fsp3) is 0.467. The van der Waals surface area contributed by atoms with Crippen molar-refractivity contribution in [1.29, 1.82) is 0 Å². The van der Waals surface area contributed by atoms with Crippen LogP contribution in [0.15, 0.2) is 18.2 Å². The van der Waals surface area contributed by atoms with Gasteiger partial charge in [0.1, 0.15) is 5.75 Å². The molecule has 2 nitrogen and oxygen atoms in total. The molecule has 0 radical (unpaired) electrons. The van der Waals surface area contributed by atoms with Crippen LogP contribution in [0, 0.1) is 11.8 Å². The monoisotopic (exact) mass is 263 g/mol. The Balaban J connectivity index is 2.89. The third kappa shape index (κ3) is 4.64. The molecule has 0 aliphatic rings. The standard InChI is InChI=1S/C15H21NOS/c1-4-12(2)18-11-14-10-15(17-3)8-7-13(14)6-5-9-16/h7-8,10,12H,4,9,11,16H2,1-3H3. The highest BCUT2D eigenvalue weighted by Crippen LogP contribution is 2.25. The van der Waals surface area contributed by atoms with Gasteiger partial charge in [-0.25, -0.2) is 0 Å². The average molecular weight is 263 g/mol. The highest BCUT2D eigenvalue weighted by atomic mass is 32.2. The Kier molecular flexibility index (Phi) is 6.70. The van der Waals surface area contributed by atoms with Crippen molar-refractivity contribution < 1.29 is 4.74 Å². The molecule has 0 aliphatic carbocycles. The second kappa shape index (κ2) is 8.07. The van der Waals surface area contributed by atoms with Crippen molar-refractivity contribution >= 4 is 11.8 Å². The molecule has 0 aromatic heterocycles. The average Bonchev–Trinajstić information content (AvgIpc) is 2.42. The van der Waals surface area contributed by atoms with E-state index in [2.05, 4.69) is 31.8 Å². The molecule has 0 bridgehead atoms. The van der Waals surface area contributed by atoms with Crippen molar-refractivity contribution in [3.8, 4) is 17.6 Å². The van der Waals surface area contributed by atoms with E-state index < -0.39 is 0 Å². The molecule has 1 unspecified atom stereocenters. The highest BCUT2D eigenvalue weighted by molar-refractivity contribution is 7.99. The van der Waals surface area contributed by atoms with E-state index in [0.717, 1.165) is 17.1 Å². The highest BCUT2D eigenvalue weighted by Gasteiger charge is 2.05. The van der Waals surface area contributed by atoms with Gasteiger partial charge in [0.05, 0.1) is 13.7 Å². The largest absolute Gasteiger partial charge is 0.497 e. The van der Waals surface area contributed by atoms with Crippen LogP contribution >= 0.6 is 11.8 Å². The Hall–Kier alpha value is -1.11. The van der Waals surface area contributed by atoms with Gasteiger partial charge in [-0.2, -0.15) is 11.8 Å². The maximum atomic E-state index is 5.42. The van der Waals surface area contributed by atoms with E-state index in [4.69, 9.17) is 10.5 Å². The molecular formula is C15H21NOS. The second-order valence-electron chi connectivity index (χ2n) is 4.06. The molecular weight excluding hydrogens is 242 g/mol. The van der Waals surface area contributed by atoms with Crippen LogP contribution in [-0.4, -0.2) is 18.9 Å². The van der Waals surface area contributed by atoms with Crippen LogP contribution in [0.25, 0.3) is 0 Å². The minimum absolute atomic E-state index is 0.393. The first-order valence-electron chi connectivity index (χ1n) is 6.18. The maximum Gasteiger partial charge on any atom is 0.119 e. The van der Waals surface area contributed by atoms with E-state index in [1.807, 2.05) is 23.9 Å². The van der Waals surface area contributed by atoms with Crippen molar-refractivity contribution in [3.63, 3.8) is 0 Å². The van der Waals surface area contributed by atoms with Crippen molar-refractivity contribution in [1.82, 2.24) is 0 Å². The van der Waals surface area contributed by atoms with Crippen molar-refractivity contribution in [2.24, 2.45) is 5.73 Å². The van der Waals surface area contributed by atoms with Crippen LogP contribution in [0.5, 0.6) is 5.75 Å². The topological polar surface area (TPSA) is 35.2 Å². The number of hydrogen-bond donors (Lipinski definition) is 1. The summed E-state index contributed by atoms with van der Waals surface area (Å²) < 4.78 is 5.27. The molecule has 18 heavy (non-hydrogen) atoms. The minimum Gasteiger partial charge on any atom is -0.497 e. The lowest BCUT2D eigenvalue weighted by molar-refractivity contribution is 0.414. The summed E-state index contributed by atoms with van der Waals surface area (Å²) in [5.41, 5.74) is 7.70. The fourth-order valence-corrected chi connectivity index (χ4v) is 2.37. The summed E-state index contributed by atoms with van der Waals surface area (Å²) in [6.07, 6.45) is 1.18. The molecule has 1 rings (SSSR count).